The maximum atomic E-state index is 12.3. The zero-order valence-electron chi connectivity index (χ0n) is 14.5. The van der Waals surface area contributed by atoms with E-state index in [1.807, 2.05) is 21.4 Å². The summed E-state index contributed by atoms with van der Waals surface area (Å²) in [5, 5.41) is 7.86. The van der Waals surface area contributed by atoms with Crippen LogP contribution in [0, 0.1) is 5.92 Å². The summed E-state index contributed by atoms with van der Waals surface area (Å²) in [6.45, 7) is 3.51. The molecule has 0 spiro atoms. The Morgan fingerprint density at radius 3 is 2.71 bits per heavy atom. The lowest BCUT2D eigenvalue weighted by Crippen LogP contribution is -2.39. The molecule has 2 amide bonds. The number of aryl methyl sites for hydroxylation is 2. The van der Waals surface area contributed by atoms with Crippen molar-refractivity contribution in [1.29, 1.82) is 0 Å². The van der Waals surface area contributed by atoms with Gasteiger partial charge in [-0.05, 0) is 31.6 Å². The molecule has 0 radical (unpaired) electrons. The number of likely N-dealkylation sites (tertiary alicyclic amines) is 2. The van der Waals surface area contributed by atoms with E-state index in [1.54, 1.807) is 6.33 Å². The first-order chi connectivity index (χ1) is 11.6. The number of piperidine rings is 1. The van der Waals surface area contributed by atoms with Crippen LogP contribution in [0.3, 0.4) is 0 Å². The quantitative estimate of drug-likeness (QED) is 0.779. The van der Waals surface area contributed by atoms with Crippen molar-refractivity contribution in [3.05, 3.63) is 12.2 Å². The van der Waals surface area contributed by atoms with Crippen LogP contribution >= 0.6 is 0 Å². The van der Waals surface area contributed by atoms with Crippen molar-refractivity contribution in [1.82, 2.24) is 24.6 Å². The van der Waals surface area contributed by atoms with Gasteiger partial charge in [0.1, 0.15) is 12.2 Å². The van der Waals surface area contributed by atoms with E-state index in [-0.39, 0.29) is 5.91 Å². The molecule has 0 aliphatic carbocycles. The molecular weight excluding hydrogens is 306 g/mol. The summed E-state index contributed by atoms with van der Waals surface area (Å²) in [6.07, 6.45) is 7.72. The van der Waals surface area contributed by atoms with E-state index in [0.29, 0.717) is 24.7 Å². The molecule has 3 heterocycles. The van der Waals surface area contributed by atoms with Gasteiger partial charge in [-0.3, -0.25) is 9.59 Å². The van der Waals surface area contributed by atoms with E-state index in [9.17, 15) is 9.59 Å². The van der Waals surface area contributed by atoms with E-state index in [1.165, 1.54) is 0 Å². The second-order valence-corrected chi connectivity index (χ2v) is 6.96. The minimum absolute atomic E-state index is 0.214. The van der Waals surface area contributed by atoms with E-state index in [4.69, 9.17) is 0 Å². The van der Waals surface area contributed by atoms with Crippen LogP contribution in [0.1, 0.15) is 44.3 Å². The van der Waals surface area contributed by atoms with Crippen LogP contribution in [0.4, 0.5) is 0 Å². The lowest BCUT2D eigenvalue weighted by molar-refractivity contribution is -0.132. The van der Waals surface area contributed by atoms with Crippen molar-refractivity contribution in [3.8, 4) is 0 Å². The second kappa shape index (κ2) is 7.77. The highest BCUT2D eigenvalue weighted by molar-refractivity contribution is 5.78. The van der Waals surface area contributed by atoms with E-state index < -0.39 is 0 Å². The van der Waals surface area contributed by atoms with Gasteiger partial charge < -0.3 is 14.4 Å². The fourth-order valence-corrected chi connectivity index (χ4v) is 3.66. The van der Waals surface area contributed by atoms with Gasteiger partial charge in [0, 0.05) is 52.5 Å². The maximum Gasteiger partial charge on any atom is 0.223 e. The first-order valence-electron chi connectivity index (χ1n) is 9.02. The predicted molar refractivity (Wildman–Crippen MR) is 89.1 cm³/mol. The Hall–Kier alpha value is -1.92. The number of rotatable bonds is 6. The third-order valence-electron chi connectivity index (χ3n) is 5.31. The third-order valence-corrected chi connectivity index (χ3v) is 5.31. The molecule has 0 saturated carbocycles. The highest BCUT2D eigenvalue weighted by atomic mass is 16.2. The standard InChI is InChI=1S/C17H27N5O2/c1-20-13-18-19-15(20)4-5-17(24)22-11-7-14(8-12-22)6-10-21-9-2-3-16(21)23/h13-14H,2-12H2,1H3. The van der Waals surface area contributed by atoms with Crippen LogP contribution < -0.4 is 0 Å². The molecule has 1 aromatic heterocycles. The minimum atomic E-state index is 0.214. The van der Waals surface area contributed by atoms with Crippen molar-refractivity contribution < 1.29 is 9.59 Å². The first-order valence-corrected chi connectivity index (χ1v) is 9.02. The second-order valence-electron chi connectivity index (χ2n) is 6.96. The molecule has 2 aliphatic heterocycles. The molecule has 2 fully saturated rings. The monoisotopic (exact) mass is 333 g/mol. The molecule has 24 heavy (non-hydrogen) atoms. The van der Waals surface area contributed by atoms with E-state index >= 15 is 0 Å². The molecule has 2 aliphatic rings. The summed E-state index contributed by atoms with van der Waals surface area (Å²) in [5.74, 6) is 2.02. The van der Waals surface area contributed by atoms with Gasteiger partial charge >= 0.3 is 0 Å². The number of amides is 2. The Kier molecular flexibility index (Phi) is 5.48. The smallest absolute Gasteiger partial charge is 0.223 e. The van der Waals surface area contributed by atoms with Gasteiger partial charge in [-0.2, -0.15) is 0 Å². The van der Waals surface area contributed by atoms with Gasteiger partial charge in [-0.25, -0.2) is 0 Å². The van der Waals surface area contributed by atoms with Gasteiger partial charge in [0.05, 0.1) is 0 Å². The molecule has 3 rings (SSSR count). The van der Waals surface area contributed by atoms with E-state index in [2.05, 4.69) is 10.2 Å². The van der Waals surface area contributed by atoms with E-state index in [0.717, 1.165) is 64.1 Å². The predicted octanol–water partition coefficient (Wildman–Crippen LogP) is 0.999. The Labute approximate surface area is 143 Å². The number of hydrogen-bond acceptors (Lipinski definition) is 4. The molecule has 0 atom stereocenters. The number of carbonyl (C=O) groups excluding carboxylic acids is 2. The summed E-state index contributed by atoms with van der Waals surface area (Å²) >= 11 is 0. The van der Waals surface area contributed by atoms with Crippen LogP contribution in [0.25, 0.3) is 0 Å². The number of nitrogens with zero attached hydrogens (tertiary/aromatic N) is 5. The fraction of sp³-hybridized carbons (Fsp3) is 0.765. The van der Waals surface area contributed by atoms with Gasteiger partial charge in [0.15, 0.2) is 0 Å². The van der Waals surface area contributed by atoms with Crippen LogP contribution in [-0.4, -0.2) is 62.6 Å². The first kappa shape index (κ1) is 16.9. The zero-order chi connectivity index (χ0) is 16.9. The van der Waals surface area contributed by atoms with Gasteiger partial charge in [0.2, 0.25) is 11.8 Å². The minimum Gasteiger partial charge on any atom is -0.343 e. The van der Waals surface area contributed by atoms with Crippen LogP contribution in [-0.2, 0) is 23.1 Å². The highest BCUT2D eigenvalue weighted by Crippen LogP contribution is 2.22. The number of carbonyl (C=O) groups is 2. The molecule has 0 aromatic carbocycles. The molecule has 1 aromatic rings. The molecule has 7 nitrogen and oxygen atoms in total. The summed E-state index contributed by atoms with van der Waals surface area (Å²) in [6, 6.07) is 0. The molecular formula is C17H27N5O2. The average molecular weight is 333 g/mol. The average Bonchev–Trinajstić information content (AvgIpc) is 3.19. The summed E-state index contributed by atoms with van der Waals surface area (Å²) < 4.78 is 1.86. The summed E-state index contributed by atoms with van der Waals surface area (Å²) in [7, 11) is 1.90. The zero-order valence-corrected chi connectivity index (χ0v) is 14.5. The SMILES string of the molecule is Cn1cnnc1CCC(=O)N1CCC(CCN2CCCC2=O)CC1. The van der Waals surface area contributed by atoms with Crippen LogP contribution in [0.2, 0.25) is 0 Å². The Morgan fingerprint density at radius 1 is 1.29 bits per heavy atom. The Morgan fingerprint density at radius 2 is 2.08 bits per heavy atom. The molecule has 2 saturated heterocycles. The van der Waals surface area contributed by atoms with Gasteiger partial charge in [0.25, 0.3) is 0 Å². The Balaban J connectivity index is 1.36. The number of hydrogen-bond donors (Lipinski definition) is 0. The van der Waals surface area contributed by atoms with Crippen molar-refractivity contribution >= 4 is 11.8 Å². The van der Waals surface area contributed by atoms with Crippen molar-refractivity contribution in [2.45, 2.75) is 44.9 Å². The van der Waals surface area contributed by atoms with Crippen molar-refractivity contribution in [2.24, 2.45) is 13.0 Å². The van der Waals surface area contributed by atoms with Crippen LogP contribution in [0.5, 0.6) is 0 Å². The molecule has 7 heteroatoms. The van der Waals surface area contributed by atoms with Gasteiger partial charge in [-0.1, -0.05) is 0 Å². The summed E-state index contributed by atoms with van der Waals surface area (Å²) in [5.41, 5.74) is 0. The van der Waals surface area contributed by atoms with Gasteiger partial charge in [-0.15, -0.1) is 10.2 Å². The maximum absolute atomic E-state index is 12.3. The summed E-state index contributed by atoms with van der Waals surface area (Å²) in [4.78, 5) is 28.0. The number of aromatic nitrogens is 3. The Bertz CT molecular complexity index is 577. The third kappa shape index (κ3) is 4.13. The topological polar surface area (TPSA) is 71.3 Å². The molecule has 132 valence electrons. The largest absolute Gasteiger partial charge is 0.343 e. The molecule has 0 bridgehead atoms. The van der Waals surface area contributed by atoms with Crippen molar-refractivity contribution in [2.75, 3.05) is 26.2 Å². The van der Waals surface area contributed by atoms with Crippen LogP contribution in [0.15, 0.2) is 6.33 Å². The van der Waals surface area contributed by atoms with Crippen molar-refractivity contribution in [3.63, 3.8) is 0 Å². The lowest BCUT2D eigenvalue weighted by Gasteiger charge is -2.32. The molecule has 0 N–H and O–H groups in total. The highest BCUT2D eigenvalue weighted by Gasteiger charge is 2.25. The molecule has 0 unspecified atom stereocenters. The fourth-order valence-electron chi connectivity index (χ4n) is 3.66. The normalized spacial score (nSPS) is 19.3. The lowest BCUT2D eigenvalue weighted by atomic mass is 9.93.